The van der Waals surface area contributed by atoms with Crippen molar-refractivity contribution in [2.75, 3.05) is 12.4 Å². The van der Waals surface area contributed by atoms with Gasteiger partial charge in [-0.3, -0.25) is 0 Å². The summed E-state index contributed by atoms with van der Waals surface area (Å²) < 4.78 is 5.20. The summed E-state index contributed by atoms with van der Waals surface area (Å²) in [4.78, 5) is 0. The first-order valence-electron chi connectivity index (χ1n) is 7.11. The Kier molecular flexibility index (Phi) is 4.67. The van der Waals surface area contributed by atoms with Gasteiger partial charge in [0.2, 0.25) is 0 Å². The Morgan fingerprint density at radius 2 is 1.55 bits per heavy atom. The standard InChI is InChI=1S/C18H23NO/c1-13(2)17-7-5-6-8-18(17)19-14(3)15-9-11-16(20-4)12-10-15/h5-14,19H,1-4H3. The molecule has 0 heterocycles. The third-order valence-electron chi connectivity index (χ3n) is 3.57. The highest BCUT2D eigenvalue weighted by Crippen LogP contribution is 2.28. The van der Waals surface area contributed by atoms with E-state index in [-0.39, 0.29) is 6.04 Å². The molecule has 106 valence electrons. The van der Waals surface area contributed by atoms with E-state index in [0.717, 1.165) is 5.75 Å². The summed E-state index contributed by atoms with van der Waals surface area (Å²) in [5, 5.41) is 3.60. The van der Waals surface area contributed by atoms with Crippen LogP contribution in [-0.4, -0.2) is 7.11 Å². The zero-order valence-corrected chi connectivity index (χ0v) is 12.7. The van der Waals surface area contributed by atoms with Crippen LogP contribution in [-0.2, 0) is 0 Å². The van der Waals surface area contributed by atoms with Crippen molar-refractivity contribution in [2.45, 2.75) is 32.7 Å². The van der Waals surface area contributed by atoms with Gasteiger partial charge in [-0.2, -0.15) is 0 Å². The summed E-state index contributed by atoms with van der Waals surface area (Å²) in [5.41, 5.74) is 3.82. The largest absolute Gasteiger partial charge is 0.497 e. The van der Waals surface area contributed by atoms with E-state index in [1.165, 1.54) is 16.8 Å². The highest BCUT2D eigenvalue weighted by Gasteiger charge is 2.10. The molecule has 0 aliphatic heterocycles. The Labute approximate surface area is 121 Å². The molecule has 1 N–H and O–H groups in total. The van der Waals surface area contributed by atoms with Crippen LogP contribution in [0.15, 0.2) is 48.5 Å². The Hall–Kier alpha value is -1.96. The maximum Gasteiger partial charge on any atom is 0.118 e. The van der Waals surface area contributed by atoms with Crippen LogP contribution in [0.2, 0.25) is 0 Å². The quantitative estimate of drug-likeness (QED) is 0.825. The van der Waals surface area contributed by atoms with Crippen molar-refractivity contribution in [1.82, 2.24) is 0 Å². The number of para-hydroxylation sites is 1. The fourth-order valence-electron chi connectivity index (χ4n) is 2.34. The molecule has 20 heavy (non-hydrogen) atoms. The molecule has 0 amide bonds. The molecule has 0 spiro atoms. The fraction of sp³-hybridized carbons (Fsp3) is 0.333. The van der Waals surface area contributed by atoms with E-state index >= 15 is 0 Å². The molecule has 2 aromatic carbocycles. The molecule has 0 radical (unpaired) electrons. The predicted octanol–water partition coefficient (Wildman–Crippen LogP) is 4.99. The van der Waals surface area contributed by atoms with Crippen LogP contribution in [0.4, 0.5) is 5.69 Å². The number of benzene rings is 2. The Bertz CT molecular complexity index is 546. The van der Waals surface area contributed by atoms with Crippen molar-refractivity contribution in [3.63, 3.8) is 0 Å². The van der Waals surface area contributed by atoms with Gasteiger partial charge in [-0.25, -0.2) is 0 Å². The molecule has 2 nitrogen and oxygen atoms in total. The minimum atomic E-state index is 0.265. The summed E-state index contributed by atoms with van der Waals surface area (Å²) in [5.74, 6) is 1.41. The zero-order chi connectivity index (χ0) is 14.5. The summed E-state index contributed by atoms with van der Waals surface area (Å²) in [6.07, 6.45) is 0. The highest BCUT2D eigenvalue weighted by atomic mass is 16.5. The molecule has 2 aromatic rings. The second kappa shape index (κ2) is 6.47. The van der Waals surface area contributed by atoms with Gasteiger partial charge in [0, 0.05) is 11.7 Å². The summed E-state index contributed by atoms with van der Waals surface area (Å²) in [6, 6.07) is 17.0. The van der Waals surface area contributed by atoms with Gasteiger partial charge in [-0.15, -0.1) is 0 Å². The first-order chi connectivity index (χ1) is 9.61. The van der Waals surface area contributed by atoms with E-state index < -0.39 is 0 Å². The van der Waals surface area contributed by atoms with Crippen LogP contribution in [0.25, 0.3) is 0 Å². The third-order valence-corrected chi connectivity index (χ3v) is 3.57. The molecule has 0 fully saturated rings. The molecule has 0 saturated heterocycles. The van der Waals surface area contributed by atoms with E-state index in [1.807, 2.05) is 12.1 Å². The molecule has 0 saturated carbocycles. The predicted molar refractivity (Wildman–Crippen MR) is 85.6 cm³/mol. The Balaban J connectivity index is 2.16. The molecule has 2 heteroatoms. The first-order valence-corrected chi connectivity index (χ1v) is 7.11. The first kappa shape index (κ1) is 14.4. The fourth-order valence-corrected chi connectivity index (χ4v) is 2.34. The molecular formula is C18H23NO. The lowest BCUT2D eigenvalue weighted by Crippen LogP contribution is -2.08. The molecule has 0 bridgehead atoms. The topological polar surface area (TPSA) is 21.3 Å². The van der Waals surface area contributed by atoms with E-state index in [2.05, 4.69) is 62.5 Å². The highest BCUT2D eigenvalue weighted by molar-refractivity contribution is 5.54. The van der Waals surface area contributed by atoms with Crippen molar-refractivity contribution in [2.24, 2.45) is 0 Å². The van der Waals surface area contributed by atoms with Crippen LogP contribution < -0.4 is 10.1 Å². The molecule has 0 aliphatic carbocycles. The van der Waals surface area contributed by atoms with Crippen LogP contribution in [0.1, 0.15) is 43.9 Å². The lowest BCUT2D eigenvalue weighted by atomic mass is 10.00. The normalized spacial score (nSPS) is 12.2. The van der Waals surface area contributed by atoms with Gasteiger partial charge in [0.1, 0.15) is 5.75 Å². The molecule has 1 atom stereocenters. The smallest absolute Gasteiger partial charge is 0.118 e. The third kappa shape index (κ3) is 3.32. The van der Waals surface area contributed by atoms with E-state index in [9.17, 15) is 0 Å². The van der Waals surface area contributed by atoms with Crippen LogP contribution in [0, 0.1) is 0 Å². The second-order valence-corrected chi connectivity index (χ2v) is 5.38. The second-order valence-electron chi connectivity index (χ2n) is 5.38. The van der Waals surface area contributed by atoms with Crippen LogP contribution in [0.5, 0.6) is 5.75 Å². The number of anilines is 1. The summed E-state index contributed by atoms with van der Waals surface area (Å²) in [6.45, 7) is 6.62. The number of methoxy groups -OCH3 is 1. The van der Waals surface area contributed by atoms with Gasteiger partial charge in [0.05, 0.1) is 7.11 Å². The van der Waals surface area contributed by atoms with Gasteiger partial charge < -0.3 is 10.1 Å². The average molecular weight is 269 g/mol. The summed E-state index contributed by atoms with van der Waals surface area (Å²) in [7, 11) is 1.69. The van der Waals surface area contributed by atoms with Gasteiger partial charge in [-0.05, 0) is 42.2 Å². The number of hydrogen-bond acceptors (Lipinski definition) is 2. The molecule has 1 unspecified atom stereocenters. The van der Waals surface area contributed by atoms with E-state index in [1.54, 1.807) is 7.11 Å². The van der Waals surface area contributed by atoms with Crippen molar-refractivity contribution in [1.29, 1.82) is 0 Å². The maximum absolute atomic E-state index is 5.20. The van der Waals surface area contributed by atoms with Crippen LogP contribution in [0.3, 0.4) is 0 Å². The van der Waals surface area contributed by atoms with E-state index in [0.29, 0.717) is 5.92 Å². The minimum absolute atomic E-state index is 0.265. The maximum atomic E-state index is 5.20. The SMILES string of the molecule is COc1ccc(C(C)Nc2ccccc2C(C)C)cc1. The van der Waals surface area contributed by atoms with Crippen molar-refractivity contribution in [3.8, 4) is 5.75 Å². The minimum Gasteiger partial charge on any atom is -0.497 e. The van der Waals surface area contributed by atoms with Crippen LogP contribution >= 0.6 is 0 Å². The van der Waals surface area contributed by atoms with Crippen molar-refractivity contribution in [3.05, 3.63) is 59.7 Å². The molecule has 2 rings (SSSR count). The number of nitrogens with one attached hydrogen (secondary N) is 1. The number of hydrogen-bond donors (Lipinski definition) is 1. The molecule has 0 aromatic heterocycles. The summed E-state index contributed by atoms with van der Waals surface area (Å²) >= 11 is 0. The monoisotopic (exact) mass is 269 g/mol. The van der Waals surface area contributed by atoms with Gasteiger partial charge in [0.15, 0.2) is 0 Å². The zero-order valence-electron chi connectivity index (χ0n) is 12.7. The van der Waals surface area contributed by atoms with E-state index in [4.69, 9.17) is 4.74 Å². The number of ether oxygens (including phenoxy) is 1. The van der Waals surface area contributed by atoms with Gasteiger partial charge >= 0.3 is 0 Å². The average Bonchev–Trinajstić information content (AvgIpc) is 2.47. The van der Waals surface area contributed by atoms with Gasteiger partial charge in [0.25, 0.3) is 0 Å². The molecular weight excluding hydrogens is 246 g/mol. The van der Waals surface area contributed by atoms with Gasteiger partial charge in [-0.1, -0.05) is 44.2 Å². The van der Waals surface area contributed by atoms with Crippen molar-refractivity contribution >= 4 is 5.69 Å². The van der Waals surface area contributed by atoms with Crippen molar-refractivity contribution < 1.29 is 4.74 Å². The number of rotatable bonds is 5. The Morgan fingerprint density at radius 1 is 0.900 bits per heavy atom. The lowest BCUT2D eigenvalue weighted by Gasteiger charge is -2.20. The Morgan fingerprint density at radius 3 is 2.15 bits per heavy atom. The molecule has 0 aliphatic rings. The lowest BCUT2D eigenvalue weighted by molar-refractivity contribution is 0.414.